The molecule has 0 heterocycles. The van der Waals surface area contributed by atoms with Crippen LogP contribution in [0.25, 0.3) is 10.8 Å². The lowest BCUT2D eigenvalue weighted by Crippen LogP contribution is -2.48. The Kier molecular flexibility index (Phi) is 5.53. The number of carbonyl (C=O) groups is 2. The molecule has 0 aromatic heterocycles. The molecule has 3 amide bonds. The van der Waals surface area contributed by atoms with E-state index in [1.165, 1.54) is 6.42 Å². The Hall–Kier alpha value is -2.56. The molecule has 0 saturated heterocycles. The van der Waals surface area contributed by atoms with Crippen molar-refractivity contribution in [3.05, 3.63) is 42.5 Å². The second kappa shape index (κ2) is 8.01. The minimum atomic E-state index is -0.450. The minimum absolute atomic E-state index is 0.139. The molecule has 5 nitrogen and oxygen atoms in total. The third-order valence-electron chi connectivity index (χ3n) is 4.79. The topological polar surface area (TPSA) is 67.4 Å². The molecule has 3 rings (SSSR count). The van der Waals surface area contributed by atoms with Crippen molar-refractivity contribution >= 4 is 22.7 Å². The normalized spacial score (nSPS) is 20.0. The lowest BCUT2D eigenvalue weighted by atomic mass is 9.86. The Morgan fingerprint density at radius 3 is 2.68 bits per heavy atom. The molecule has 1 saturated carbocycles. The van der Waals surface area contributed by atoms with Crippen LogP contribution in [-0.4, -0.2) is 24.6 Å². The Balaban J connectivity index is 1.51. The summed E-state index contributed by atoms with van der Waals surface area (Å²) in [4.78, 5) is 24.0. The number of benzene rings is 2. The molecule has 132 valence electrons. The highest BCUT2D eigenvalue weighted by atomic mass is 16.5. The maximum absolute atomic E-state index is 12.0. The monoisotopic (exact) mass is 340 g/mol. The fraction of sp³-hybridized carbons (Fsp3) is 0.400. The van der Waals surface area contributed by atoms with Gasteiger partial charge in [-0.05, 0) is 30.2 Å². The maximum Gasteiger partial charge on any atom is 0.321 e. The number of fused-ring (bicyclic) bond motifs is 1. The fourth-order valence-electron chi connectivity index (χ4n) is 3.36. The van der Waals surface area contributed by atoms with E-state index in [0.29, 0.717) is 11.7 Å². The number of carbonyl (C=O) groups excluding carboxylic acids is 2. The van der Waals surface area contributed by atoms with Gasteiger partial charge in [0.15, 0.2) is 6.61 Å². The molecule has 1 fully saturated rings. The fourth-order valence-corrected chi connectivity index (χ4v) is 3.36. The molecule has 0 aliphatic heterocycles. The van der Waals surface area contributed by atoms with Crippen molar-refractivity contribution in [2.75, 3.05) is 6.61 Å². The van der Waals surface area contributed by atoms with E-state index in [1.54, 1.807) is 0 Å². The number of ether oxygens (including phenoxy) is 1. The van der Waals surface area contributed by atoms with Crippen molar-refractivity contribution in [3.8, 4) is 5.75 Å². The van der Waals surface area contributed by atoms with Gasteiger partial charge in [-0.15, -0.1) is 0 Å². The van der Waals surface area contributed by atoms with Gasteiger partial charge in [0.05, 0.1) is 0 Å². The summed E-state index contributed by atoms with van der Waals surface area (Å²) in [6, 6.07) is 13.2. The number of amides is 3. The Morgan fingerprint density at radius 2 is 1.84 bits per heavy atom. The van der Waals surface area contributed by atoms with Crippen molar-refractivity contribution in [1.29, 1.82) is 0 Å². The van der Waals surface area contributed by atoms with E-state index in [1.807, 2.05) is 42.5 Å². The van der Waals surface area contributed by atoms with Crippen LogP contribution in [-0.2, 0) is 4.79 Å². The molecule has 2 aromatic rings. The van der Waals surface area contributed by atoms with E-state index in [9.17, 15) is 9.59 Å². The summed E-state index contributed by atoms with van der Waals surface area (Å²) in [6.45, 7) is 1.94. The van der Waals surface area contributed by atoms with E-state index in [-0.39, 0.29) is 12.6 Å². The van der Waals surface area contributed by atoms with Crippen LogP contribution in [0.3, 0.4) is 0 Å². The van der Waals surface area contributed by atoms with Gasteiger partial charge in [-0.1, -0.05) is 56.2 Å². The predicted octanol–water partition coefficient (Wildman–Crippen LogP) is 3.62. The second-order valence-electron chi connectivity index (χ2n) is 6.66. The highest BCUT2D eigenvalue weighted by Crippen LogP contribution is 2.25. The summed E-state index contributed by atoms with van der Waals surface area (Å²) >= 11 is 0. The summed E-state index contributed by atoms with van der Waals surface area (Å²) in [5.41, 5.74) is 0. The van der Waals surface area contributed by atoms with Gasteiger partial charge in [-0.25, -0.2) is 4.79 Å². The smallest absolute Gasteiger partial charge is 0.321 e. The quantitative estimate of drug-likeness (QED) is 0.893. The minimum Gasteiger partial charge on any atom is -0.483 e. The van der Waals surface area contributed by atoms with Crippen molar-refractivity contribution in [1.82, 2.24) is 10.6 Å². The molecule has 1 aliphatic rings. The highest BCUT2D eigenvalue weighted by molar-refractivity contribution is 5.95. The second-order valence-corrected chi connectivity index (χ2v) is 6.66. The van der Waals surface area contributed by atoms with Crippen molar-refractivity contribution in [3.63, 3.8) is 0 Å². The molecule has 0 spiro atoms. The molecule has 2 N–H and O–H groups in total. The molecular formula is C20H24N2O3. The van der Waals surface area contributed by atoms with Gasteiger partial charge < -0.3 is 10.1 Å². The zero-order chi connectivity index (χ0) is 17.6. The van der Waals surface area contributed by atoms with Gasteiger partial charge in [0.25, 0.3) is 5.91 Å². The van der Waals surface area contributed by atoms with Crippen molar-refractivity contribution in [2.24, 2.45) is 5.92 Å². The van der Waals surface area contributed by atoms with E-state index in [4.69, 9.17) is 4.74 Å². The molecule has 0 bridgehead atoms. The van der Waals surface area contributed by atoms with E-state index < -0.39 is 11.9 Å². The first-order valence-electron chi connectivity index (χ1n) is 8.84. The number of hydrogen-bond donors (Lipinski definition) is 2. The van der Waals surface area contributed by atoms with Gasteiger partial charge in [-0.3, -0.25) is 10.1 Å². The van der Waals surface area contributed by atoms with Crippen LogP contribution in [0, 0.1) is 5.92 Å². The first-order valence-corrected chi connectivity index (χ1v) is 8.84. The largest absolute Gasteiger partial charge is 0.483 e. The van der Waals surface area contributed by atoms with Crippen LogP contribution in [0.1, 0.15) is 32.6 Å². The Bertz CT molecular complexity index is 754. The van der Waals surface area contributed by atoms with Gasteiger partial charge in [0.1, 0.15) is 5.75 Å². The predicted molar refractivity (Wildman–Crippen MR) is 97.5 cm³/mol. The zero-order valence-electron chi connectivity index (χ0n) is 14.5. The van der Waals surface area contributed by atoms with Crippen LogP contribution >= 0.6 is 0 Å². The molecule has 25 heavy (non-hydrogen) atoms. The van der Waals surface area contributed by atoms with Crippen LogP contribution in [0.2, 0.25) is 0 Å². The summed E-state index contributed by atoms with van der Waals surface area (Å²) in [5.74, 6) is 0.630. The van der Waals surface area contributed by atoms with Crippen LogP contribution in [0.4, 0.5) is 4.79 Å². The van der Waals surface area contributed by atoms with E-state index in [0.717, 1.165) is 30.0 Å². The number of hydrogen-bond acceptors (Lipinski definition) is 3. The first kappa shape index (κ1) is 17.3. The third kappa shape index (κ3) is 4.50. The van der Waals surface area contributed by atoms with Gasteiger partial charge in [0, 0.05) is 11.4 Å². The molecule has 0 radical (unpaired) electrons. The maximum atomic E-state index is 12.0. The summed E-state index contributed by atoms with van der Waals surface area (Å²) in [5, 5.41) is 7.24. The molecule has 1 aliphatic carbocycles. The Labute approximate surface area is 147 Å². The number of rotatable bonds is 4. The van der Waals surface area contributed by atoms with E-state index in [2.05, 4.69) is 17.6 Å². The average molecular weight is 340 g/mol. The van der Waals surface area contributed by atoms with Crippen molar-refractivity contribution < 1.29 is 14.3 Å². The molecule has 5 heteroatoms. The lowest BCUT2D eigenvalue weighted by Gasteiger charge is -2.29. The van der Waals surface area contributed by atoms with Gasteiger partial charge >= 0.3 is 6.03 Å². The van der Waals surface area contributed by atoms with Crippen molar-refractivity contribution in [2.45, 2.75) is 38.6 Å². The number of imide groups is 1. The van der Waals surface area contributed by atoms with Gasteiger partial charge in [-0.2, -0.15) is 0 Å². The molecule has 2 aromatic carbocycles. The number of urea groups is 1. The summed E-state index contributed by atoms with van der Waals surface area (Å²) < 4.78 is 5.60. The number of nitrogens with one attached hydrogen (secondary N) is 2. The summed E-state index contributed by atoms with van der Waals surface area (Å²) in [7, 11) is 0. The SMILES string of the molecule is C[C@@H]1CCCC[C@@H]1NC(=O)NC(=O)COc1cccc2ccccc12. The molecule has 2 atom stereocenters. The van der Waals surface area contributed by atoms with Gasteiger partial charge in [0.2, 0.25) is 0 Å². The molecule has 0 unspecified atom stereocenters. The standard InChI is InChI=1S/C20H24N2O3/c1-14-7-2-5-11-17(14)21-20(24)22-19(23)13-25-18-12-6-9-15-8-3-4-10-16(15)18/h3-4,6,8-10,12,14,17H,2,5,7,11,13H2,1H3,(H2,21,22,23,24)/t14-,17+/m1/s1. The zero-order valence-corrected chi connectivity index (χ0v) is 14.5. The first-order chi connectivity index (χ1) is 12.1. The average Bonchev–Trinajstić information content (AvgIpc) is 2.62. The van der Waals surface area contributed by atoms with Crippen LogP contribution in [0.15, 0.2) is 42.5 Å². The van der Waals surface area contributed by atoms with Crippen LogP contribution in [0.5, 0.6) is 5.75 Å². The Morgan fingerprint density at radius 1 is 1.08 bits per heavy atom. The molecular weight excluding hydrogens is 316 g/mol. The van der Waals surface area contributed by atoms with E-state index >= 15 is 0 Å². The highest BCUT2D eigenvalue weighted by Gasteiger charge is 2.23. The lowest BCUT2D eigenvalue weighted by molar-refractivity contribution is -0.122. The third-order valence-corrected chi connectivity index (χ3v) is 4.79. The summed E-state index contributed by atoms with van der Waals surface area (Å²) in [6.07, 6.45) is 4.41. The van der Waals surface area contributed by atoms with Crippen LogP contribution < -0.4 is 15.4 Å².